The predicted octanol–water partition coefficient (Wildman–Crippen LogP) is 1.13. The van der Waals surface area contributed by atoms with Crippen molar-refractivity contribution in [2.24, 2.45) is 0 Å². The average molecular weight is 215 g/mol. The molecule has 0 bridgehead atoms. The molecule has 5 heteroatoms. The number of methoxy groups -OCH3 is 1. The Kier molecular flexibility index (Phi) is 6.47. The molecule has 80 valence electrons. The largest absolute Gasteiger partial charge is 0.383 e. The van der Waals surface area contributed by atoms with Crippen molar-refractivity contribution in [1.82, 2.24) is 15.3 Å². The Bertz CT molecular complexity index is 216. The van der Waals surface area contributed by atoms with Crippen LogP contribution in [0, 0.1) is 0 Å². The molecule has 0 saturated heterocycles. The van der Waals surface area contributed by atoms with E-state index in [0.717, 1.165) is 37.0 Å². The van der Waals surface area contributed by atoms with Gasteiger partial charge in [-0.2, -0.15) is 0 Å². The van der Waals surface area contributed by atoms with Crippen LogP contribution in [0.3, 0.4) is 0 Å². The monoisotopic (exact) mass is 215 g/mol. The summed E-state index contributed by atoms with van der Waals surface area (Å²) in [5.74, 6) is 1.09. The highest BCUT2D eigenvalue weighted by atomic mass is 32.2. The normalized spacial score (nSPS) is 10.6. The average Bonchev–Trinajstić information content (AvgIpc) is 2.69. The van der Waals surface area contributed by atoms with E-state index in [1.807, 2.05) is 6.20 Å². The predicted molar refractivity (Wildman–Crippen MR) is 58.7 cm³/mol. The summed E-state index contributed by atoms with van der Waals surface area (Å²) >= 11 is 1.75. The van der Waals surface area contributed by atoms with E-state index in [-0.39, 0.29) is 0 Å². The lowest BCUT2D eigenvalue weighted by molar-refractivity contribution is 0.199. The minimum absolute atomic E-state index is 0.783. The van der Waals surface area contributed by atoms with Crippen LogP contribution in [0.1, 0.15) is 6.42 Å². The molecule has 0 amide bonds. The number of nitrogens with one attached hydrogen (secondary N) is 2. The van der Waals surface area contributed by atoms with Crippen LogP contribution >= 0.6 is 11.8 Å². The number of thioether (sulfide) groups is 1. The first-order valence-corrected chi connectivity index (χ1v) is 5.74. The Labute approximate surface area is 88.8 Å². The Morgan fingerprint density at radius 1 is 1.57 bits per heavy atom. The molecule has 0 aliphatic carbocycles. The quantitative estimate of drug-likeness (QED) is 0.504. The third-order valence-corrected chi connectivity index (χ3v) is 2.68. The molecular formula is C9H17N3OS. The molecule has 1 heterocycles. The van der Waals surface area contributed by atoms with Crippen LogP contribution in [0.2, 0.25) is 0 Å². The number of rotatable bonds is 8. The lowest BCUT2D eigenvalue weighted by Crippen LogP contribution is -2.20. The maximum atomic E-state index is 4.92. The molecule has 1 rings (SSSR count). The maximum absolute atomic E-state index is 4.92. The number of aromatic nitrogens is 2. The standard InChI is InChI=1S/C9H17N3OS/c1-13-7-6-10-3-2-8-14-9-11-4-5-12-9/h4-5,10H,2-3,6-8H2,1H3,(H,11,12). The molecular weight excluding hydrogens is 198 g/mol. The van der Waals surface area contributed by atoms with Gasteiger partial charge in [-0.15, -0.1) is 0 Å². The fourth-order valence-corrected chi connectivity index (χ4v) is 1.76. The highest BCUT2D eigenvalue weighted by molar-refractivity contribution is 7.99. The molecule has 4 nitrogen and oxygen atoms in total. The lowest BCUT2D eigenvalue weighted by Gasteiger charge is -2.02. The van der Waals surface area contributed by atoms with E-state index in [4.69, 9.17) is 4.74 Å². The number of nitrogens with zero attached hydrogens (tertiary/aromatic N) is 1. The molecule has 0 spiro atoms. The molecule has 0 radical (unpaired) electrons. The van der Waals surface area contributed by atoms with Crippen molar-refractivity contribution in [3.05, 3.63) is 12.4 Å². The molecule has 1 aromatic rings. The van der Waals surface area contributed by atoms with Crippen LogP contribution in [-0.2, 0) is 4.74 Å². The first-order chi connectivity index (χ1) is 6.93. The molecule has 0 aromatic carbocycles. The van der Waals surface area contributed by atoms with Crippen LogP contribution in [0.15, 0.2) is 17.6 Å². The van der Waals surface area contributed by atoms with Crippen LogP contribution in [-0.4, -0.2) is 42.5 Å². The van der Waals surface area contributed by atoms with Gasteiger partial charge in [0.15, 0.2) is 5.16 Å². The van der Waals surface area contributed by atoms with Crippen LogP contribution in [0.25, 0.3) is 0 Å². The zero-order valence-corrected chi connectivity index (χ0v) is 9.27. The second-order valence-corrected chi connectivity index (χ2v) is 3.92. The van der Waals surface area contributed by atoms with Crippen molar-refractivity contribution in [3.63, 3.8) is 0 Å². The first kappa shape index (κ1) is 11.6. The van der Waals surface area contributed by atoms with Crippen LogP contribution in [0.5, 0.6) is 0 Å². The second kappa shape index (κ2) is 7.84. The molecule has 2 N–H and O–H groups in total. The van der Waals surface area contributed by atoms with E-state index in [1.54, 1.807) is 25.1 Å². The third-order valence-electron chi connectivity index (χ3n) is 1.69. The molecule has 0 fully saturated rings. The summed E-state index contributed by atoms with van der Waals surface area (Å²) in [5, 5.41) is 4.30. The summed E-state index contributed by atoms with van der Waals surface area (Å²) in [5.41, 5.74) is 0. The number of hydrogen-bond acceptors (Lipinski definition) is 4. The first-order valence-electron chi connectivity index (χ1n) is 4.75. The summed E-state index contributed by atoms with van der Waals surface area (Å²) in [6.07, 6.45) is 4.77. The number of imidazole rings is 1. The minimum Gasteiger partial charge on any atom is -0.383 e. The molecule has 0 saturated carbocycles. The Balaban J connectivity index is 1.85. The number of ether oxygens (including phenoxy) is 1. The fraction of sp³-hybridized carbons (Fsp3) is 0.667. The van der Waals surface area contributed by atoms with Gasteiger partial charge in [0.2, 0.25) is 0 Å². The molecule has 0 aliphatic rings. The second-order valence-electron chi connectivity index (χ2n) is 2.84. The number of hydrogen-bond donors (Lipinski definition) is 2. The topological polar surface area (TPSA) is 49.9 Å². The SMILES string of the molecule is COCCNCCCSc1ncc[nH]1. The number of H-pyrrole nitrogens is 1. The fourth-order valence-electron chi connectivity index (χ4n) is 0.995. The molecule has 14 heavy (non-hydrogen) atoms. The van der Waals surface area contributed by atoms with Gasteiger partial charge in [0, 0.05) is 31.8 Å². The van der Waals surface area contributed by atoms with Gasteiger partial charge in [-0.25, -0.2) is 4.98 Å². The van der Waals surface area contributed by atoms with Gasteiger partial charge in [-0.3, -0.25) is 0 Å². The van der Waals surface area contributed by atoms with Gasteiger partial charge in [0.1, 0.15) is 0 Å². The van der Waals surface area contributed by atoms with Gasteiger partial charge in [0.25, 0.3) is 0 Å². The smallest absolute Gasteiger partial charge is 0.165 e. The van der Waals surface area contributed by atoms with Crippen molar-refractivity contribution in [2.75, 3.05) is 32.6 Å². The number of aromatic amines is 1. The van der Waals surface area contributed by atoms with E-state index >= 15 is 0 Å². The van der Waals surface area contributed by atoms with Crippen molar-refractivity contribution in [3.8, 4) is 0 Å². The molecule has 0 aliphatic heterocycles. The van der Waals surface area contributed by atoms with E-state index in [0.29, 0.717) is 0 Å². The Morgan fingerprint density at radius 3 is 3.21 bits per heavy atom. The summed E-state index contributed by atoms with van der Waals surface area (Å²) in [7, 11) is 1.72. The van der Waals surface area contributed by atoms with Gasteiger partial charge in [-0.05, 0) is 13.0 Å². The lowest BCUT2D eigenvalue weighted by atomic mass is 10.5. The van der Waals surface area contributed by atoms with Gasteiger partial charge in [0.05, 0.1) is 6.61 Å². The van der Waals surface area contributed by atoms with Crippen LogP contribution < -0.4 is 5.32 Å². The van der Waals surface area contributed by atoms with E-state index in [2.05, 4.69) is 15.3 Å². The van der Waals surface area contributed by atoms with Gasteiger partial charge in [-0.1, -0.05) is 11.8 Å². The molecule has 0 unspecified atom stereocenters. The molecule has 1 aromatic heterocycles. The zero-order valence-electron chi connectivity index (χ0n) is 8.45. The van der Waals surface area contributed by atoms with E-state index < -0.39 is 0 Å². The third kappa shape index (κ3) is 5.26. The summed E-state index contributed by atoms with van der Waals surface area (Å²) in [6.45, 7) is 2.75. The van der Waals surface area contributed by atoms with Crippen molar-refractivity contribution < 1.29 is 4.74 Å². The van der Waals surface area contributed by atoms with Gasteiger partial charge >= 0.3 is 0 Å². The summed E-state index contributed by atoms with van der Waals surface area (Å²) in [4.78, 5) is 7.19. The van der Waals surface area contributed by atoms with E-state index in [1.165, 1.54) is 0 Å². The summed E-state index contributed by atoms with van der Waals surface area (Å²) < 4.78 is 4.92. The van der Waals surface area contributed by atoms with E-state index in [9.17, 15) is 0 Å². The summed E-state index contributed by atoms with van der Waals surface area (Å²) in [6, 6.07) is 0. The Hall–Kier alpha value is -0.520. The minimum atomic E-state index is 0.783. The zero-order chi connectivity index (χ0) is 10.1. The van der Waals surface area contributed by atoms with Crippen LogP contribution in [0.4, 0.5) is 0 Å². The highest BCUT2D eigenvalue weighted by Crippen LogP contribution is 2.11. The van der Waals surface area contributed by atoms with Gasteiger partial charge < -0.3 is 15.0 Å². The van der Waals surface area contributed by atoms with Crippen molar-refractivity contribution in [1.29, 1.82) is 0 Å². The molecule has 0 atom stereocenters. The maximum Gasteiger partial charge on any atom is 0.165 e. The van der Waals surface area contributed by atoms with Crippen molar-refractivity contribution in [2.45, 2.75) is 11.6 Å². The van der Waals surface area contributed by atoms with Crippen molar-refractivity contribution >= 4 is 11.8 Å². The Morgan fingerprint density at radius 2 is 2.50 bits per heavy atom. The highest BCUT2D eigenvalue weighted by Gasteiger charge is 1.94.